The predicted octanol–water partition coefficient (Wildman–Crippen LogP) is 2.90. The topological polar surface area (TPSA) is 43.4 Å². The third kappa shape index (κ3) is 4.04. The van der Waals surface area contributed by atoms with Gasteiger partial charge >= 0.3 is 5.97 Å². The molecule has 2 aliphatic rings. The van der Waals surface area contributed by atoms with Gasteiger partial charge in [0.2, 0.25) is 0 Å². The summed E-state index contributed by atoms with van der Waals surface area (Å²) in [5.74, 6) is 1.92. The largest absolute Gasteiger partial charge is 0.469 e. The Balaban J connectivity index is 1.88. The van der Waals surface area contributed by atoms with E-state index in [-0.39, 0.29) is 11.4 Å². The number of rotatable bonds is 5. The molecular formula is C15H26O3S. The average Bonchev–Trinajstić information content (AvgIpc) is 3.07. The first-order chi connectivity index (χ1) is 8.94. The van der Waals surface area contributed by atoms with Crippen molar-refractivity contribution in [2.45, 2.75) is 57.6 Å². The van der Waals surface area contributed by atoms with Crippen LogP contribution in [0.2, 0.25) is 0 Å². The highest BCUT2D eigenvalue weighted by atomic mass is 32.2. The molecule has 2 rings (SSSR count). The van der Waals surface area contributed by atoms with Gasteiger partial charge < -0.3 is 4.74 Å². The molecule has 0 aliphatic heterocycles. The van der Waals surface area contributed by atoms with Crippen LogP contribution in [0.3, 0.4) is 0 Å². The number of ether oxygens (including phenoxy) is 1. The maximum Gasteiger partial charge on any atom is 0.306 e. The maximum atomic E-state index is 12.6. The molecule has 0 radical (unpaired) electrons. The zero-order chi connectivity index (χ0) is 14.0. The minimum absolute atomic E-state index is 0.00186. The first-order valence-corrected chi connectivity index (χ1v) is 8.76. The van der Waals surface area contributed by atoms with Crippen molar-refractivity contribution in [2.24, 2.45) is 17.3 Å². The highest BCUT2D eigenvalue weighted by Gasteiger charge is 2.47. The quantitative estimate of drug-likeness (QED) is 0.730. The number of hydrogen-bond acceptors (Lipinski definition) is 3. The van der Waals surface area contributed by atoms with Gasteiger partial charge in [0.15, 0.2) is 0 Å². The molecular weight excluding hydrogens is 260 g/mol. The van der Waals surface area contributed by atoms with Gasteiger partial charge in [0.05, 0.1) is 13.5 Å². The molecule has 2 fully saturated rings. The van der Waals surface area contributed by atoms with Crippen molar-refractivity contribution in [1.82, 2.24) is 0 Å². The lowest BCUT2D eigenvalue weighted by Crippen LogP contribution is -2.31. The summed E-state index contributed by atoms with van der Waals surface area (Å²) < 4.78 is 17.3. The summed E-state index contributed by atoms with van der Waals surface area (Å²) in [5, 5.41) is 0.342. The molecule has 0 N–H and O–H groups in total. The molecule has 3 atom stereocenters. The van der Waals surface area contributed by atoms with E-state index in [0.717, 1.165) is 25.7 Å². The molecule has 19 heavy (non-hydrogen) atoms. The molecule has 2 aliphatic carbocycles. The molecule has 0 aromatic rings. The van der Waals surface area contributed by atoms with Crippen LogP contribution in [0.4, 0.5) is 0 Å². The van der Waals surface area contributed by atoms with Gasteiger partial charge in [-0.25, -0.2) is 0 Å². The molecule has 0 heterocycles. The van der Waals surface area contributed by atoms with Crippen LogP contribution in [0.5, 0.6) is 0 Å². The highest BCUT2D eigenvalue weighted by Crippen LogP contribution is 2.50. The summed E-state index contributed by atoms with van der Waals surface area (Å²) in [6, 6.07) is 0. The summed E-state index contributed by atoms with van der Waals surface area (Å²) in [5.41, 5.74) is 0.00186. The van der Waals surface area contributed by atoms with E-state index in [9.17, 15) is 9.00 Å². The Morgan fingerprint density at radius 2 is 1.79 bits per heavy atom. The van der Waals surface area contributed by atoms with E-state index in [1.807, 2.05) is 0 Å². The second kappa shape index (κ2) is 5.94. The van der Waals surface area contributed by atoms with E-state index in [4.69, 9.17) is 4.74 Å². The van der Waals surface area contributed by atoms with E-state index in [1.54, 1.807) is 0 Å². The second-order valence-electron chi connectivity index (χ2n) is 6.82. The van der Waals surface area contributed by atoms with Crippen molar-refractivity contribution in [3.05, 3.63) is 0 Å². The maximum absolute atomic E-state index is 12.6. The van der Waals surface area contributed by atoms with Crippen molar-refractivity contribution in [1.29, 1.82) is 0 Å². The minimum Gasteiger partial charge on any atom is -0.469 e. The van der Waals surface area contributed by atoms with Crippen LogP contribution in [-0.2, 0) is 20.3 Å². The molecule has 0 aromatic heterocycles. The third-order valence-corrected chi connectivity index (χ3v) is 6.68. The Bertz CT molecular complexity index is 352. The van der Waals surface area contributed by atoms with Gasteiger partial charge in [-0.15, -0.1) is 0 Å². The van der Waals surface area contributed by atoms with Crippen LogP contribution >= 0.6 is 0 Å². The Morgan fingerprint density at radius 1 is 1.21 bits per heavy atom. The number of hydrogen-bond donors (Lipinski definition) is 0. The summed E-state index contributed by atoms with van der Waals surface area (Å²) in [4.78, 5) is 11.4. The predicted molar refractivity (Wildman–Crippen MR) is 77.3 cm³/mol. The lowest BCUT2D eigenvalue weighted by molar-refractivity contribution is -0.141. The standard InChI is InChI=1S/C15H26O3S/c1-11-6-12(2)8-13(7-11)19(17)10-15(4-5-15)9-14(16)18-3/h11-13H,4-10H2,1-3H3. The molecule has 2 saturated carbocycles. The number of esters is 1. The minimum atomic E-state index is -0.781. The van der Waals surface area contributed by atoms with Crippen molar-refractivity contribution in [2.75, 3.05) is 12.9 Å². The smallest absolute Gasteiger partial charge is 0.306 e. The molecule has 0 bridgehead atoms. The second-order valence-corrected chi connectivity index (χ2v) is 8.53. The van der Waals surface area contributed by atoms with Crippen LogP contribution in [0.25, 0.3) is 0 Å². The Hall–Kier alpha value is -0.380. The van der Waals surface area contributed by atoms with Gasteiger partial charge in [-0.1, -0.05) is 13.8 Å². The summed E-state index contributed by atoms with van der Waals surface area (Å²) in [6.07, 6.45) is 5.96. The summed E-state index contributed by atoms with van der Waals surface area (Å²) in [7, 11) is 0.649. The molecule has 3 nitrogen and oxygen atoms in total. The van der Waals surface area contributed by atoms with Gasteiger partial charge in [-0.3, -0.25) is 9.00 Å². The Kier molecular flexibility index (Phi) is 4.70. The van der Waals surface area contributed by atoms with Gasteiger partial charge in [-0.05, 0) is 49.4 Å². The molecule has 0 saturated heterocycles. The zero-order valence-corrected chi connectivity index (χ0v) is 13.1. The molecule has 0 spiro atoms. The van der Waals surface area contributed by atoms with Crippen molar-refractivity contribution in [3.63, 3.8) is 0 Å². The average molecular weight is 286 g/mol. The Morgan fingerprint density at radius 3 is 2.26 bits per heavy atom. The fourth-order valence-corrected chi connectivity index (χ4v) is 5.75. The van der Waals surface area contributed by atoms with Gasteiger partial charge in [0.1, 0.15) is 0 Å². The molecule has 110 valence electrons. The monoisotopic (exact) mass is 286 g/mol. The van der Waals surface area contributed by atoms with Crippen LogP contribution in [0, 0.1) is 17.3 Å². The van der Waals surface area contributed by atoms with Crippen LogP contribution in [0.1, 0.15) is 52.4 Å². The normalized spacial score (nSPS) is 34.6. The molecule has 0 amide bonds. The molecule has 4 heteroatoms. The highest BCUT2D eigenvalue weighted by molar-refractivity contribution is 7.85. The fourth-order valence-electron chi connectivity index (χ4n) is 3.43. The van der Waals surface area contributed by atoms with E-state index in [0.29, 0.717) is 29.3 Å². The van der Waals surface area contributed by atoms with Gasteiger partial charge in [-0.2, -0.15) is 0 Å². The third-order valence-electron chi connectivity index (χ3n) is 4.66. The number of carbonyl (C=O) groups is 1. The van der Waals surface area contributed by atoms with Gasteiger partial charge in [0, 0.05) is 21.8 Å². The van der Waals surface area contributed by atoms with E-state index >= 15 is 0 Å². The van der Waals surface area contributed by atoms with E-state index < -0.39 is 10.8 Å². The first-order valence-electron chi connectivity index (χ1n) is 7.38. The lowest BCUT2D eigenvalue weighted by Gasteiger charge is -2.31. The fraction of sp³-hybridized carbons (Fsp3) is 0.933. The SMILES string of the molecule is COC(=O)CC1(CS(=O)C2CC(C)CC(C)C2)CC1. The van der Waals surface area contributed by atoms with E-state index in [2.05, 4.69) is 13.8 Å². The van der Waals surface area contributed by atoms with Crippen LogP contribution in [0.15, 0.2) is 0 Å². The summed E-state index contributed by atoms with van der Waals surface area (Å²) in [6.45, 7) is 4.53. The van der Waals surface area contributed by atoms with Gasteiger partial charge in [0.25, 0.3) is 0 Å². The van der Waals surface area contributed by atoms with Crippen molar-refractivity contribution < 1.29 is 13.7 Å². The lowest BCUT2D eigenvalue weighted by atomic mass is 9.83. The molecule has 0 aromatic carbocycles. The van der Waals surface area contributed by atoms with Crippen LogP contribution < -0.4 is 0 Å². The first kappa shape index (κ1) is 15.0. The number of methoxy groups -OCH3 is 1. The van der Waals surface area contributed by atoms with Crippen LogP contribution in [-0.4, -0.2) is 28.3 Å². The Labute approximate surface area is 118 Å². The van der Waals surface area contributed by atoms with Crippen molar-refractivity contribution in [3.8, 4) is 0 Å². The zero-order valence-electron chi connectivity index (χ0n) is 12.3. The molecule has 3 unspecified atom stereocenters. The number of carbonyl (C=O) groups excluding carboxylic acids is 1. The van der Waals surface area contributed by atoms with Crippen molar-refractivity contribution >= 4 is 16.8 Å². The summed E-state index contributed by atoms with van der Waals surface area (Å²) >= 11 is 0. The van der Waals surface area contributed by atoms with E-state index in [1.165, 1.54) is 13.5 Å².